The summed E-state index contributed by atoms with van der Waals surface area (Å²) < 4.78 is 38.6. The van der Waals surface area contributed by atoms with Crippen LogP contribution in [-0.4, -0.2) is 26.6 Å². The van der Waals surface area contributed by atoms with Gasteiger partial charge in [-0.2, -0.15) is 0 Å². The van der Waals surface area contributed by atoms with Crippen molar-refractivity contribution in [1.29, 1.82) is 0 Å². The van der Waals surface area contributed by atoms with Crippen molar-refractivity contribution in [2.24, 2.45) is 0 Å². The number of amides is 1. The number of methoxy groups -OCH3 is 1. The Hall–Kier alpha value is -2.82. The third kappa shape index (κ3) is 5.46. The van der Waals surface area contributed by atoms with Crippen LogP contribution in [-0.2, 0) is 14.8 Å². The molecule has 0 aliphatic carbocycles. The number of halogens is 1. The lowest BCUT2D eigenvalue weighted by Gasteiger charge is -2.11. The van der Waals surface area contributed by atoms with E-state index in [1.54, 1.807) is 44.2 Å². The summed E-state index contributed by atoms with van der Waals surface area (Å²) in [6.07, 6.45) is 3.64. The summed E-state index contributed by atoms with van der Waals surface area (Å²) in [6, 6.07) is 7.82. The molecule has 0 atom stereocenters. The molecule has 0 saturated carbocycles. The zero-order valence-corrected chi connectivity index (χ0v) is 19.3. The average molecular weight is 482 g/mol. The highest BCUT2D eigenvalue weighted by Gasteiger charge is 2.19. The molecule has 0 saturated heterocycles. The molecule has 0 fully saturated rings. The van der Waals surface area contributed by atoms with Crippen LogP contribution < -0.4 is 14.8 Å². The van der Waals surface area contributed by atoms with Crippen molar-refractivity contribution in [2.45, 2.75) is 24.5 Å². The van der Waals surface area contributed by atoms with Gasteiger partial charge in [0.05, 0.1) is 12.8 Å². The second-order valence-electron chi connectivity index (χ2n) is 6.35. The Labute approximate surface area is 188 Å². The van der Waals surface area contributed by atoms with Gasteiger partial charge in [0.1, 0.15) is 21.3 Å². The lowest BCUT2D eigenvalue weighted by atomic mass is 10.2. The van der Waals surface area contributed by atoms with Crippen molar-refractivity contribution in [3.05, 3.63) is 51.7 Å². The minimum Gasteiger partial charge on any atom is -0.495 e. The van der Waals surface area contributed by atoms with E-state index in [0.717, 1.165) is 11.3 Å². The first kappa shape index (κ1) is 22.9. The first-order chi connectivity index (χ1) is 14.7. The van der Waals surface area contributed by atoms with Gasteiger partial charge >= 0.3 is 0 Å². The van der Waals surface area contributed by atoms with Crippen molar-refractivity contribution >= 4 is 62.4 Å². The van der Waals surface area contributed by atoms with Gasteiger partial charge in [-0.3, -0.25) is 9.52 Å². The molecule has 1 aromatic carbocycles. The summed E-state index contributed by atoms with van der Waals surface area (Å²) in [5, 5.41) is 6.99. The van der Waals surface area contributed by atoms with E-state index in [4.69, 9.17) is 20.9 Å². The SMILES string of the molecule is CCC(=O)Nc1c(C)noc1/C=C/c1ccc(S(=O)(=O)Nc2cc(Cl)ccc2OC)s1. The summed E-state index contributed by atoms with van der Waals surface area (Å²) in [4.78, 5) is 12.4. The molecule has 0 unspecified atom stereocenters. The molecule has 0 radical (unpaired) electrons. The number of sulfonamides is 1. The Morgan fingerprint density at radius 3 is 2.77 bits per heavy atom. The highest BCUT2D eigenvalue weighted by atomic mass is 35.5. The van der Waals surface area contributed by atoms with E-state index in [1.165, 1.54) is 19.2 Å². The molecule has 31 heavy (non-hydrogen) atoms. The number of aryl methyl sites for hydroxylation is 1. The fraction of sp³-hybridized carbons (Fsp3) is 0.200. The van der Waals surface area contributed by atoms with Gasteiger partial charge < -0.3 is 14.6 Å². The van der Waals surface area contributed by atoms with Crippen molar-refractivity contribution in [2.75, 3.05) is 17.1 Å². The molecule has 3 rings (SSSR count). The quantitative estimate of drug-likeness (QED) is 0.467. The molecule has 0 spiro atoms. The maximum absolute atomic E-state index is 12.8. The number of carbonyl (C=O) groups excluding carboxylic acids is 1. The lowest BCUT2D eigenvalue weighted by molar-refractivity contribution is -0.115. The smallest absolute Gasteiger partial charge is 0.271 e. The number of aromatic nitrogens is 1. The van der Waals surface area contributed by atoms with Crippen LogP contribution in [0.4, 0.5) is 11.4 Å². The molecule has 0 bridgehead atoms. The van der Waals surface area contributed by atoms with Crippen LogP contribution in [0.25, 0.3) is 12.2 Å². The van der Waals surface area contributed by atoms with E-state index >= 15 is 0 Å². The monoisotopic (exact) mass is 481 g/mol. The number of thiophene rings is 1. The number of carbonyl (C=O) groups is 1. The van der Waals surface area contributed by atoms with Crippen LogP contribution in [0.15, 0.2) is 39.1 Å². The van der Waals surface area contributed by atoms with Gasteiger partial charge in [0.15, 0.2) is 5.76 Å². The van der Waals surface area contributed by atoms with Crippen LogP contribution in [0.5, 0.6) is 5.75 Å². The summed E-state index contributed by atoms with van der Waals surface area (Å²) in [6.45, 7) is 3.46. The van der Waals surface area contributed by atoms with Gasteiger partial charge in [-0.15, -0.1) is 11.3 Å². The highest BCUT2D eigenvalue weighted by Crippen LogP contribution is 2.32. The minimum atomic E-state index is -3.84. The molecule has 3 aromatic rings. The van der Waals surface area contributed by atoms with E-state index in [1.807, 2.05) is 0 Å². The fourth-order valence-corrected chi connectivity index (χ4v) is 5.02. The molecule has 8 nitrogen and oxygen atoms in total. The minimum absolute atomic E-state index is 0.113. The number of hydrogen-bond donors (Lipinski definition) is 2. The number of nitrogens with one attached hydrogen (secondary N) is 2. The van der Waals surface area contributed by atoms with E-state index in [0.29, 0.717) is 39.2 Å². The lowest BCUT2D eigenvalue weighted by Crippen LogP contribution is -2.12. The molecule has 2 heterocycles. The number of benzene rings is 1. The Morgan fingerprint density at radius 2 is 2.06 bits per heavy atom. The van der Waals surface area contributed by atoms with Crippen molar-refractivity contribution in [1.82, 2.24) is 5.16 Å². The van der Waals surface area contributed by atoms with E-state index in [-0.39, 0.29) is 15.8 Å². The van der Waals surface area contributed by atoms with Gasteiger partial charge in [-0.05, 0) is 49.4 Å². The number of ether oxygens (including phenoxy) is 1. The Kier molecular flexibility index (Phi) is 7.04. The summed E-state index contributed by atoms with van der Waals surface area (Å²) >= 11 is 7.04. The summed E-state index contributed by atoms with van der Waals surface area (Å²) in [5.41, 5.74) is 1.28. The van der Waals surface area contributed by atoms with E-state index in [9.17, 15) is 13.2 Å². The Bertz CT molecular complexity index is 1230. The van der Waals surface area contributed by atoms with Crippen LogP contribution >= 0.6 is 22.9 Å². The molecule has 1 amide bonds. The molecule has 11 heteroatoms. The standard InChI is InChI=1S/C20H20ClN3O5S2/c1-4-18(25)22-20-12(2)23-29-17(20)9-6-14-7-10-19(30-14)31(26,27)24-15-11-13(21)5-8-16(15)28-3/h5-11,24H,4H2,1-3H3,(H,22,25)/b9-6+. The summed E-state index contributed by atoms with van der Waals surface area (Å²) in [5.74, 6) is 0.568. The highest BCUT2D eigenvalue weighted by molar-refractivity contribution is 7.94. The first-order valence-electron chi connectivity index (χ1n) is 9.14. The fourth-order valence-electron chi connectivity index (χ4n) is 2.56. The molecular formula is C20H20ClN3O5S2. The molecule has 0 aliphatic heterocycles. The van der Waals surface area contributed by atoms with Gasteiger partial charge in [0.2, 0.25) is 5.91 Å². The molecular weight excluding hydrogens is 462 g/mol. The van der Waals surface area contributed by atoms with Gasteiger partial charge in [0.25, 0.3) is 10.0 Å². The van der Waals surface area contributed by atoms with Crippen molar-refractivity contribution in [3.8, 4) is 5.75 Å². The second kappa shape index (κ2) is 9.54. The molecule has 2 N–H and O–H groups in total. The predicted octanol–water partition coefficient (Wildman–Crippen LogP) is 5.03. The van der Waals surface area contributed by atoms with E-state index < -0.39 is 10.0 Å². The normalized spacial score (nSPS) is 11.6. The number of nitrogens with zero attached hydrogens (tertiary/aromatic N) is 1. The van der Waals surface area contributed by atoms with E-state index in [2.05, 4.69) is 15.2 Å². The summed E-state index contributed by atoms with van der Waals surface area (Å²) in [7, 11) is -2.40. The van der Waals surface area contributed by atoms with Gasteiger partial charge in [-0.25, -0.2) is 8.42 Å². The maximum atomic E-state index is 12.8. The third-order valence-electron chi connectivity index (χ3n) is 4.15. The van der Waals surface area contributed by atoms with Crippen LogP contribution in [0.2, 0.25) is 5.02 Å². The Balaban J connectivity index is 1.81. The number of hydrogen-bond acceptors (Lipinski definition) is 7. The maximum Gasteiger partial charge on any atom is 0.271 e. The molecule has 0 aliphatic rings. The van der Waals surface area contributed by atoms with Crippen LogP contribution in [0.1, 0.15) is 29.7 Å². The zero-order valence-electron chi connectivity index (χ0n) is 16.9. The second-order valence-corrected chi connectivity index (χ2v) is 9.81. The number of anilines is 2. The number of rotatable bonds is 8. The largest absolute Gasteiger partial charge is 0.495 e. The first-order valence-corrected chi connectivity index (χ1v) is 11.8. The van der Waals surface area contributed by atoms with Crippen LogP contribution in [0, 0.1) is 6.92 Å². The molecule has 164 valence electrons. The Morgan fingerprint density at radius 1 is 1.29 bits per heavy atom. The van der Waals surface area contributed by atoms with Crippen LogP contribution in [0.3, 0.4) is 0 Å². The average Bonchev–Trinajstić information content (AvgIpc) is 3.34. The topological polar surface area (TPSA) is 111 Å². The van der Waals surface area contributed by atoms with Gasteiger partial charge in [-0.1, -0.05) is 23.7 Å². The van der Waals surface area contributed by atoms with Gasteiger partial charge in [0, 0.05) is 16.3 Å². The van der Waals surface area contributed by atoms with Crippen molar-refractivity contribution < 1.29 is 22.5 Å². The zero-order chi connectivity index (χ0) is 22.6. The predicted molar refractivity (Wildman–Crippen MR) is 122 cm³/mol. The van der Waals surface area contributed by atoms with Crippen molar-refractivity contribution in [3.63, 3.8) is 0 Å². The third-order valence-corrected chi connectivity index (χ3v) is 7.29. The molecule has 2 aromatic heterocycles.